The molecule has 0 aliphatic carbocycles. The first kappa shape index (κ1) is 18.3. The van der Waals surface area contributed by atoms with Crippen LogP contribution >= 0.6 is 0 Å². The van der Waals surface area contributed by atoms with Crippen LogP contribution in [0.5, 0.6) is 0 Å². The Morgan fingerprint density at radius 2 is 1.93 bits per heavy atom. The van der Waals surface area contributed by atoms with E-state index in [2.05, 4.69) is 10.1 Å². The van der Waals surface area contributed by atoms with Crippen molar-refractivity contribution >= 4 is 16.9 Å². The third-order valence-electron chi connectivity index (χ3n) is 6.12. The van der Waals surface area contributed by atoms with Gasteiger partial charge in [-0.1, -0.05) is 23.4 Å². The van der Waals surface area contributed by atoms with Crippen LogP contribution in [0.25, 0.3) is 11.0 Å². The summed E-state index contributed by atoms with van der Waals surface area (Å²) in [6.07, 6.45) is 0.990. The molecular weight excluding hydrogens is 373 g/mol. The highest BCUT2D eigenvalue weighted by molar-refractivity contribution is 5.98. The van der Waals surface area contributed by atoms with Gasteiger partial charge in [-0.3, -0.25) is 4.79 Å². The zero-order chi connectivity index (χ0) is 20.0. The number of carbonyl (C=O) groups excluding carboxylic acids is 1. The molecule has 29 heavy (non-hydrogen) atoms. The summed E-state index contributed by atoms with van der Waals surface area (Å²) in [4.78, 5) is 16.4. The smallest absolute Gasteiger partial charge is 0.256 e. The summed E-state index contributed by atoms with van der Waals surface area (Å²) in [6, 6.07) is 11.8. The molecule has 2 aromatic carbocycles. The van der Waals surface area contributed by atoms with Crippen LogP contribution in [0.1, 0.15) is 46.6 Å². The highest BCUT2D eigenvalue weighted by atomic mass is 19.1. The molecule has 1 atom stereocenters. The van der Waals surface area contributed by atoms with Crippen molar-refractivity contribution in [1.82, 2.24) is 15.0 Å². The Morgan fingerprint density at radius 3 is 2.72 bits per heavy atom. The minimum atomic E-state index is -0.863. The van der Waals surface area contributed by atoms with E-state index in [9.17, 15) is 14.3 Å². The lowest BCUT2D eigenvalue weighted by molar-refractivity contribution is 0.0126. The van der Waals surface area contributed by atoms with E-state index in [-0.39, 0.29) is 17.6 Å². The topological polar surface area (TPSA) is 69.8 Å². The molecule has 7 heteroatoms. The van der Waals surface area contributed by atoms with Crippen molar-refractivity contribution in [2.45, 2.75) is 25.0 Å². The average molecular weight is 395 g/mol. The molecular formula is C22H22FN3O3. The van der Waals surface area contributed by atoms with Gasteiger partial charge >= 0.3 is 0 Å². The lowest BCUT2D eigenvalue weighted by atomic mass is 9.91. The Morgan fingerprint density at radius 1 is 1.14 bits per heavy atom. The second-order valence-electron chi connectivity index (χ2n) is 7.78. The first-order valence-corrected chi connectivity index (χ1v) is 9.97. The lowest BCUT2D eigenvalue weighted by Crippen LogP contribution is -2.40. The van der Waals surface area contributed by atoms with Crippen LogP contribution in [0.4, 0.5) is 4.39 Å². The number of aliphatic hydroxyl groups excluding tert-OH is 1. The van der Waals surface area contributed by atoms with E-state index in [0.717, 1.165) is 37.0 Å². The maximum absolute atomic E-state index is 13.4. The number of nitrogens with zero attached hydrogens (tertiary/aromatic N) is 3. The van der Waals surface area contributed by atoms with Gasteiger partial charge in [0.15, 0.2) is 11.8 Å². The Labute approximate surface area is 167 Å². The number of likely N-dealkylation sites (tertiary alicyclic amines) is 1. The zero-order valence-corrected chi connectivity index (χ0v) is 15.9. The van der Waals surface area contributed by atoms with Gasteiger partial charge in [-0.05, 0) is 44.1 Å². The summed E-state index contributed by atoms with van der Waals surface area (Å²) in [5.74, 6) is -0.152. The van der Waals surface area contributed by atoms with Crippen molar-refractivity contribution in [3.63, 3.8) is 0 Å². The molecule has 1 saturated heterocycles. The Bertz CT molecular complexity index is 1060. The van der Waals surface area contributed by atoms with Crippen LogP contribution in [0.15, 0.2) is 47.0 Å². The number of rotatable bonds is 4. The Kier molecular flexibility index (Phi) is 4.56. The van der Waals surface area contributed by atoms with E-state index < -0.39 is 6.23 Å². The summed E-state index contributed by atoms with van der Waals surface area (Å²) in [7, 11) is 0. The summed E-state index contributed by atoms with van der Waals surface area (Å²) in [6.45, 7) is 2.97. The summed E-state index contributed by atoms with van der Waals surface area (Å²) in [5.41, 5.74) is 2.67. The minimum Gasteiger partial charge on any atom is -0.369 e. The number of carbonyl (C=O) groups is 1. The second-order valence-corrected chi connectivity index (χ2v) is 7.78. The van der Waals surface area contributed by atoms with Crippen LogP contribution in [-0.4, -0.2) is 52.1 Å². The minimum absolute atomic E-state index is 0.107. The highest BCUT2D eigenvalue weighted by Crippen LogP contribution is 2.34. The molecule has 5 rings (SSSR count). The molecule has 1 fully saturated rings. The summed E-state index contributed by atoms with van der Waals surface area (Å²) in [5, 5.41) is 15.5. The van der Waals surface area contributed by atoms with Crippen LogP contribution < -0.4 is 0 Å². The van der Waals surface area contributed by atoms with Crippen molar-refractivity contribution in [2.24, 2.45) is 0 Å². The number of hydrogen-bond acceptors (Lipinski definition) is 5. The first-order chi connectivity index (χ1) is 14.1. The standard InChI is InChI=1S/C22H22FN3O3/c23-15-5-6-18-19(13-15)29-24-20(18)14-7-9-25(10-8-14)11-12-26-21(27)16-3-1-2-4-17(16)22(26)28/h1-6,13-14,21,27H,7-12H2. The van der Waals surface area contributed by atoms with Crippen molar-refractivity contribution in [2.75, 3.05) is 26.2 Å². The second kappa shape index (κ2) is 7.24. The van der Waals surface area contributed by atoms with Crippen molar-refractivity contribution in [3.05, 3.63) is 65.1 Å². The van der Waals surface area contributed by atoms with Gasteiger partial charge in [0.2, 0.25) is 0 Å². The molecule has 0 bridgehead atoms. The van der Waals surface area contributed by atoms with E-state index in [1.165, 1.54) is 17.0 Å². The maximum atomic E-state index is 13.4. The van der Waals surface area contributed by atoms with Gasteiger partial charge in [0.05, 0.1) is 5.69 Å². The van der Waals surface area contributed by atoms with Crippen LogP contribution in [0.3, 0.4) is 0 Å². The number of halogens is 1. The van der Waals surface area contributed by atoms with E-state index in [1.807, 2.05) is 12.1 Å². The van der Waals surface area contributed by atoms with E-state index >= 15 is 0 Å². The van der Waals surface area contributed by atoms with Crippen molar-refractivity contribution in [1.29, 1.82) is 0 Å². The molecule has 3 heterocycles. The largest absolute Gasteiger partial charge is 0.369 e. The summed E-state index contributed by atoms with van der Waals surface area (Å²) < 4.78 is 18.7. The quantitative estimate of drug-likeness (QED) is 0.734. The molecule has 2 aliphatic heterocycles. The molecule has 1 unspecified atom stereocenters. The monoisotopic (exact) mass is 395 g/mol. The fourth-order valence-electron chi connectivity index (χ4n) is 4.48. The van der Waals surface area contributed by atoms with Gasteiger partial charge in [0, 0.05) is 41.6 Å². The van der Waals surface area contributed by atoms with E-state index in [1.54, 1.807) is 18.2 Å². The van der Waals surface area contributed by atoms with E-state index in [0.29, 0.717) is 29.8 Å². The molecule has 1 N–H and O–H groups in total. The molecule has 0 saturated carbocycles. The van der Waals surface area contributed by atoms with Gasteiger partial charge < -0.3 is 19.4 Å². The fourth-order valence-corrected chi connectivity index (χ4v) is 4.48. The van der Waals surface area contributed by atoms with Gasteiger partial charge in [0.25, 0.3) is 5.91 Å². The van der Waals surface area contributed by atoms with Crippen molar-refractivity contribution < 1.29 is 18.8 Å². The molecule has 1 aromatic heterocycles. The molecule has 3 aromatic rings. The van der Waals surface area contributed by atoms with Crippen LogP contribution in [0.2, 0.25) is 0 Å². The third kappa shape index (κ3) is 3.20. The number of aromatic nitrogens is 1. The number of amides is 1. The Balaban J connectivity index is 1.19. The lowest BCUT2D eigenvalue weighted by Gasteiger charge is -2.32. The molecule has 0 spiro atoms. The van der Waals surface area contributed by atoms with E-state index in [4.69, 9.17) is 4.52 Å². The predicted molar refractivity (Wildman–Crippen MR) is 105 cm³/mol. The summed E-state index contributed by atoms with van der Waals surface area (Å²) >= 11 is 0. The zero-order valence-electron chi connectivity index (χ0n) is 15.9. The number of piperidine rings is 1. The molecule has 6 nitrogen and oxygen atoms in total. The van der Waals surface area contributed by atoms with Crippen molar-refractivity contribution in [3.8, 4) is 0 Å². The average Bonchev–Trinajstić information content (AvgIpc) is 3.26. The molecule has 0 radical (unpaired) electrons. The first-order valence-electron chi connectivity index (χ1n) is 9.97. The van der Waals surface area contributed by atoms with Gasteiger partial charge in [-0.15, -0.1) is 0 Å². The van der Waals surface area contributed by atoms with Crippen LogP contribution in [-0.2, 0) is 0 Å². The SMILES string of the molecule is O=C1c2ccccc2C(O)N1CCN1CCC(c2noc3cc(F)ccc23)CC1. The number of benzene rings is 2. The fraction of sp³-hybridized carbons (Fsp3) is 0.364. The van der Waals surface area contributed by atoms with Gasteiger partial charge in [-0.25, -0.2) is 4.39 Å². The Hall–Kier alpha value is -2.77. The van der Waals surface area contributed by atoms with Crippen LogP contribution in [0, 0.1) is 5.82 Å². The molecule has 1 amide bonds. The number of fused-ring (bicyclic) bond motifs is 2. The molecule has 150 valence electrons. The third-order valence-corrected chi connectivity index (χ3v) is 6.12. The molecule has 2 aliphatic rings. The number of aliphatic hydroxyl groups is 1. The normalized spacial score (nSPS) is 20.6. The highest BCUT2D eigenvalue weighted by Gasteiger charge is 2.35. The number of hydrogen-bond donors (Lipinski definition) is 1. The predicted octanol–water partition coefficient (Wildman–Crippen LogP) is 3.29. The van der Waals surface area contributed by atoms with Gasteiger partial charge in [0.1, 0.15) is 5.82 Å². The van der Waals surface area contributed by atoms with Gasteiger partial charge in [-0.2, -0.15) is 0 Å². The maximum Gasteiger partial charge on any atom is 0.256 e.